The van der Waals surface area contributed by atoms with E-state index >= 15 is 0 Å². The number of hydrogen-bond acceptors (Lipinski definition) is 2. The van der Waals surface area contributed by atoms with Crippen LogP contribution in [0.15, 0.2) is 41.2 Å². The van der Waals surface area contributed by atoms with Crippen LogP contribution in [-0.2, 0) is 6.18 Å². The van der Waals surface area contributed by atoms with Crippen molar-refractivity contribution in [3.8, 4) is 0 Å². The third-order valence-electron chi connectivity index (χ3n) is 3.80. The summed E-state index contributed by atoms with van der Waals surface area (Å²) in [5, 5.41) is 2.95. The Hall–Kier alpha value is -2.57. The second-order valence-electron chi connectivity index (χ2n) is 5.48. The largest absolute Gasteiger partial charge is 0.416 e. The zero-order valence-corrected chi connectivity index (χ0v) is 12.5. The summed E-state index contributed by atoms with van der Waals surface area (Å²) in [5.41, 5.74) is 1.62. The minimum atomic E-state index is -4.35. The van der Waals surface area contributed by atoms with Gasteiger partial charge in [0, 0.05) is 29.4 Å². The van der Waals surface area contributed by atoms with Crippen LogP contribution in [0.5, 0.6) is 0 Å². The van der Waals surface area contributed by atoms with E-state index in [2.05, 4.69) is 10.1 Å². The van der Waals surface area contributed by atoms with Gasteiger partial charge in [-0.1, -0.05) is 19.1 Å². The molecule has 3 rings (SSSR count). The first kappa shape index (κ1) is 15.3. The lowest BCUT2D eigenvalue weighted by atomic mass is 9.97. The van der Waals surface area contributed by atoms with Crippen molar-refractivity contribution in [2.75, 3.05) is 0 Å². The Labute approximate surface area is 129 Å². The van der Waals surface area contributed by atoms with E-state index in [-0.39, 0.29) is 11.5 Å². The van der Waals surface area contributed by atoms with Gasteiger partial charge in [-0.15, -0.1) is 0 Å². The quantitative estimate of drug-likeness (QED) is 0.785. The van der Waals surface area contributed by atoms with Gasteiger partial charge >= 0.3 is 6.18 Å². The monoisotopic (exact) mass is 321 g/mol. The zero-order chi connectivity index (χ0) is 16.8. The average molecular weight is 321 g/mol. The van der Waals surface area contributed by atoms with Crippen LogP contribution in [0.1, 0.15) is 35.4 Å². The van der Waals surface area contributed by atoms with Crippen LogP contribution in [-0.4, -0.2) is 14.6 Å². The van der Waals surface area contributed by atoms with Gasteiger partial charge in [-0.2, -0.15) is 13.2 Å². The van der Waals surface area contributed by atoms with E-state index in [1.807, 2.05) is 6.92 Å². The maximum Gasteiger partial charge on any atom is 0.416 e. The van der Waals surface area contributed by atoms with Crippen molar-refractivity contribution in [1.82, 2.24) is 14.6 Å². The fourth-order valence-corrected chi connectivity index (χ4v) is 2.49. The van der Waals surface area contributed by atoms with Crippen LogP contribution in [0, 0.1) is 6.92 Å². The molecule has 0 bridgehead atoms. The van der Waals surface area contributed by atoms with Gasteiger partial charge in [-0.3, -0.25) is 9.89 Å². The molecule has 1 N–H and O–H groups in total. The molecule has 1 atom stereocenters. The summed E-state index contributed by atoms with van der Waals surface area (Å²) in [4.78, 5) is 16.2. The Morgan fingerprint density at radius 1 is 1.17 bits per heavy atom. The fourth-order valence-electron chi connectivity index (χ4n) is 2.49. The molecule has 0 radical (unpaired) electrons. The summed E-state index contributed by atoms with van der Waals surface area (Å²) in [6.07, 6.45) is -4.35. The van der Waals surface area contributed by atoms with Gasteiger partial charge in [-0.25, -0.2) is 9.50 Å². The second kappa shape index (κ2) is 5.26. The van der Waals surface area contributed by atoms with E-state index in [0.29, 0.717) is 22.6 Å². The van der Waals surface area contributed by atoms with E-state index < -0.39 is 11.7 Å². The molecule has 0 amide bonds. The number of nitrogens with zero attached hydrogens (tertiary/aromatic N) is 2. The lowest BCUT2D eigenvalue weighted by Crippen LogP contribution is -2.14. The maximum absolute atomic E-state index is 12.6. The lowest BCUT2D eigenvalue weighted by Gasteiger charge is -2.12. The van der Waals surface area contributed by atoms with Gasteiger partial charge in [0.05, 0.1) is 5.56 Å². The molecule has 2 heterocycles. The highest BCUT2D eigenvalue weighted by Crippen LogP contribution is 2.31. The predicted molar refractivity (Wildman–Crippen MR) is 79.5 cm³/mol. The van der Waals surface area contributed by atoms with Crippen molar-refractivity contribution < 1.29 is 13.2 Å². The Bertz CT molecular complexity index is 907. The van der Waals surface area contributed by atoms with E-state index in [4.69, 9.17) is 0 Å². The number of hydrogen-bond donors (Lipinski definition) is 1. The van der Waals surface area contributed by atoms with Crippen LogP contribution in [0.25, 0.3) is 5.65 Å². The normalized spacial score (nSPS) is 13.4. The molecule has 0 saturated heterocycles. The number of nitrogens with one attached hydrogen (secondary N) is 1. The first-order chi connectivity index (χ1) is 10.8. The Morgan fingerprint density at radius 3 is 2.43 bits per heavy atom. The van der Waals surface area contributed by atoms with E-state index in [1.54, 1.807) is 13.0 Å². The molecule has 0 aliphatic carbocycles. The molecule has 7 heteroatoms. The van der Waals surface area contributed by atoms with Gasteiger partial charge in [0.1, 0.15) is 0 Å². The summed E-state index contributed by atoms with van der Waals surface area (Å²) in [6.45, 7) is 3.58. The van der Waals surface area contributed by atoms with Crippen LogP contribution in [0.4, 0.5) is 13.2 Å². The van der Waals surface area contributed by atoms with Gasteiger partial charge in [0.2, 0.25) is 0 Å². The number of aromatic amines is 1. The molecule has 0 saturated carbocycles. The number of benzene rings is 1. The first-order valence-electron chi connectivity index (χ1n) is 7.02. The van der Waals surface area contributed by atoms with Crippen molar-refractivity contribution >= 4 is 5.65 Å². The minimum absolute atomic E-state index is 0.196. The highest BCUT2D eigenvalue weighted by Gasteiger charge is 2.30. The molecule has 1 unspecified atom stereocenters. The highest BCUT2D eigenvalue weighted by molar-refractivity contribution is 5.43. The minimum Gasteiger partial charge on any atom is -0.293 e. The van der Waals surface area contributed by atoms with Crippen molar-refractivity contribution in [1.29, 1.82) is 0 Å². The molecule has 2 aromatic heterocycles. The van der Waals surface area contributed by atoms with Crippen LogP contribution in [0.2, 0.25) is 0 Å². The molecule has 0 spiro atoms. The van der Waals surface area contributed by atoms with Gasteiger partial charge in [0.25, 0.3) is 5.56 Å². The van der Waals surface area contributed by atoms with Gasteiger partial charge < -0.3 is 0 Å². The number of alkyl halides is 3. The molecule has 3 aromatic rings. The highest BCUT2D eigenvalue weighted by atomic mass is 19.4. The fraction of sp³-hybridized carbons (Fsp3) is 0.250. The number of aryl methyl sites for hydroxylation is 1. The molecule has 1 aromatic carbocycles. The molecular weight excluding hydrogens is 307 g/mol. The summed E-state index contributed by atoms with van der Waals surface area (Å²) >= 11 is 0. The van der Waals surface area contributed by atoms with Crippen molar-refractivity contribution in [3.63, 3.8) is 0 Å². The second-order valence-corrected chi connectivity index (χ2v) is 5.48. The van der Waals surface area contributed by atoms with E-state index in [9.17, 15) is 18.0 Å². The first-order valence-corrected chi connectivity index (χ1v) is 7.02. The predicted octanol–water partition coefficient (Wildman–Crippen LogP) is 3.50. The van der Waals surface area contributed by atoms with Gasteiger partial charge in [-0.05, 0) is 24.6 Å². The topological polar surface area (TPSA) is 50.2 Å². The van der Waals surface area contributed by atoms with Crippen molar-refractivity contribution in [2.24, 2.45) is 0 Å². The summed E-state index contributed by atoms with van der Waals surface area (Å²) in [6, 6.07) is 8.15. The van der Waals surface area contributed by atoms with Gasteiger partial charge in [0.15, 0.2) is 5.65 Å². The number of H-pyrrole nitrogens is 1. The Kier molecular flexibility index (Phi) is 3.50. The van der Waals surface area contributed by atoms with Crippen LogP contribution >= 0.6 is 0 Å². The van der Waals surface area contributed by atoms with Crippen molar-refractivity contribution in [3.05, 3.63) is 69.3 Å². The Balaban J connectivity index is 1.98. The summed E-state index contributed by atoms with van der Waals surface area (Å²) in [7, 11) is 0. The third kappa shape index (κ3) is 2.86. The standard InChI is InChI=1S/C16H14F3N3O/c1-9-7-15(23)22-14(20-9)8-13(21-22)10(2)11-3-5-12(6-4-11)16(17,18)19/h3-8,10,21H,1-2H3. The molecule has 120 valence electrons. The number of aromatic nitrogens is 3. The number of halogens is 3. The van der Waals surface area contributed by atoms with Crippen LogP contribution in [0.3, 0.4) is 0 Å². The summed E-state index contributed by atoms with van der Waals surface area (Å²) < 4.78 is 39.2. The molecule has 0 aliphatic rings. The lowest BCUT2D eigenvalue weighted by molar-refractivity contribution is -0.137. The number of rotatable bonds is 2. The molecule has 0 fully saturated rings. The zero-order valence-electron chi connectivity index (χ0n) is 12.5. The van der Waals surface area contributed by atoms with E-state index in [0.717, 1.165) is 12.1 Å². The van der Waals surface area contributed by atoms with E-state index in [1.165, 1.54) is 22.7 Å². The van der Waals surface area contributed by atoms with Crippen LogP contribution < -0.4 is 5.56 Å². The summed E-state index contributed by atoms with van der Waals surface area (Å²) in [5.74, 6) is -0.196. The average Bonchev–Trinajstić information content (AvgIpc) is 2.90. The number of fused-ring (bicyclic) bond motifs is 1. The smallest absolute Gasteiger partial charge is 0.293 e. The SMILES string of the molecule is Cc1cc(=O)n2[nH]c(C(C)c3ccc(C(F)(F)F)cc3)cc2n1. The molecular formula is C16H14F3N3O. The molecule has 0 aliphatic heterocycles. The Morgan fingerprint density at radius 2 is 1.83 bits per heavy atom. The third-order valence-corrected chi connectivity index (χ3v) is 3.80. The van der Waals surface area contributed by atoms with Crippen molar-refractivity contribution in [2.45, 2.75) is 25.9 Å². The molecule has 4 nitrogen and oxygen atoms in total. The maximum atomic E-state index is 12.6. The molecule has 23 heavy (non-hydrogen) atoms.